The maximum absolute atomic E-state index is 11.6. The average molecular weight is 238 g/mol. The minimum atomic E-state index is -1.15. The highest BCUT2D eigenvalue weighted by molar-refractivity contribution is 7.10. The molecular weight excluding hydrogens is 233 g/mol. The lowest BCUT2D eigenvalue weighted by Gasteiger charge is -1.94. The summed E-state index contributed by atoms with van der Waals surface area (Å²) in [5.74, 6) is 0. The van der Waals surface area contributed by atoms with Crippen LogP contribution in [-0.2, 0) is 9.63 Å². The summed E-state index contributed by atoms with van der Waals surface area (Å²) in [7, 11) is 0. The van der Waals surface area contributed by atoms with E-state index in [0.717, 1.165) is 11.5 Å². The predicted octanol–water partition coefficient (Wildman–Crippen LogP) is 1.14. The monoisotopic (exact) mass is 237 g/mol. The minimum absolute atomic E-state index is 0.168. The number of carbonyl (C=O) groups excluding carboxylic acids is 1. The molecular formula is C6H5ClFN3O2S. The molecule has 1 rings (SSSR count). The van der Waals surface area contributed by atoms with Gasteiger partial charge in [-0.3, -0.25) is 4.79 Å². The van der Waals surface area contributed by atoms with E-state index in [1.807, 2.05) is 0 Å². The zero-order valence-electron chi connectivity index (χ0n) is 6.74. The van der Waals surface area contributed by atoms with Crippen LogP contribution < -0.4 is 5.73 Å². The number of carbonyl (C=O) groups is 1. The molecule has 0 fully saturated rings. The van der Waals surface area contributed by atoms with Crippen molar-refractivity contribution >= 4 is 39.1 Å². The lowest BCUT2D eigenvalue weighted by Crippen LogP contribution is -2.10. The molecule has 1 aromatic rings. The van der Waals surface area contributed by atoms with Crippen LogP contribution in [0.1, 0.15) is 5.69 Å². The average Bonchev–Trinajstić information content (AvgIpc) is 2.52. The molecule has 0 saturated heterocycles. The van der Waals surface area contributed by atoms with E-state index in [2.05, 4.69) is 14.4 Å². The molecule has 0 atom stereocenters. The molecule has 0 radical (unpaired) electrons. The Labute approximate surface area is 87.5 Å². The fourth-order valence-electron chi connectivity index (χ4n) is 0.673. The van der Waals surface area contributed by atoms with Gasteiger partial charge in [0.1, 0.15) is 10.7 Å². The van der Waals surface area contributed by atoms with Crippen LogP contribution in [0.25, 0.3) is 0 Å². The van der Waals surface area contributed by atoms with Crippen molar-refractivity contribution in [3.63, 3.8) is 0 Å². The number of nitrogens with zero attached hydrogens (tertiary/aromatic N) is 2. The van der Waals surface area contributed by atoms with Crippen LogP contribution in [0, 0.1) is 0 Å². The van der Waals surface area contributed by atoms with Crippen LogP contribution in [0.5, 0.6) is 0 Å². The summed E-state index contributed by atoms with van der Waals surface area (Å²) in [5, 5.41) is 2.68. The molecule has 5 nitrogen and oxygen atoms in total. The molecule has 0 unspecified atom stereocenters. The van der Waals surface area contributed by atoms with Gasteiger partial charge in [-0.25, -0.2) is 4.39 Å². The Bertz CT molecular complexity index is 368. The first-order chi connectivity index (χ1) is 6.65. The lowest BCUT2D eigenvalue weighted by atomic mass is 10.3. The Morgan fingerprint density at radius 1 is 1.86 bits per heavy atom. The van der Waals surface area contributed by atoms with Gasteiger partial charge >= 0.3 is 0 Å². The third-order valence-corrected chi connectivity index (χ3v) is 1.96. The first kappa shape index (κ1) is 10.9. The van der Waals surface area contributed by atoms with Gasteiger partial charge in [0.05, 0.1) is 0 Å². The quantitative estimate of drug-likeness (QED) is 0.484. The number of anilines is 1. The fourth-order valence-corrected chi connectivity index (χ4v) is 1.31. The Morgan fingerprint density at radius 2 is 2.57 bits per heavy atom. The van der Waals surface area contributed by atoms with Gasteiger partial charge in [-0.15, -0.1) is 0 Å². The van der Waals surface area contributed by atoms with Gasteiger partial charge in [-0.05, 0) is 23.1 Å². The van der Waals surface area contributed by atoms with Crippen LogP contribution in [-0.4, -0.2) is 22.2 Å². The minimum Gasteiger partial charge on any atom is -0.389 e. The summed E-state index contributed by atoms with van der Waals surface area (Å²) >= 11 is 6.15. The predicted molar refractivity (Wildman–Crippen MR) is 51.0 cm³/mol. The van der Waals surface area contributed by atoms with E-state index in [0.29, 0.717) is 5.00 Å². The van der Waals surface area contributed by atoms with Gasteiger partial charge < -0.3 is 10.6 Å². The molecule has 0 aliphatic rings. The van der Waals surface area contributed by atoms with E-state index in [9.17, 15) is 9.18 Å². The molecule has 0 saturated carbocycles. The van der Waals surface area contributed by atoms with E-state index >= 15 is 0 Å². The third kappa shape index (κ3) is 2.64. The number of alkyl halides is 1. The van der Waals surface area contributed by atoms with Crippen LogP contribution in [0.15, 0.2) is 11.2 Å². The summed E-state index contributed by atoms with van der Waals surface area (Å²) < 4.78 is 15.4. The molecule has 1 heterocycles. The van der Waals surface area contributed by atoms with Crippen molar-refractivity contribution in [2.24, 2.45) is 5.16 Å². The van der Waals surface area contributed by atoms with E-state index in [1.54, 1.807) is 0 Å². The van der Waals surface area contributed by atoms with Crippen molar-refractivity contribution in [2.45, 2.75) is 0 Å². The zero-order valence-corrected chi connectivity index (χ0v) is 8.31. The van der Waals surface area contributed by atoms with Crippen LogP contribution in [0.2, 0.25) is 0 Å². The van der Waals surface area contributed by atoms with Crippen molar-refractivity contribution in [2.75, 3.05) is 12.6 Å². The second-order valence-electron chi connectivity index (χ2n) is 2.07. The molecule has 0 aliphatic heterocycles. The zero-order chi connectivity index (χ0) is 10.6. The normalized spacial score (nSPS) is 11.4. The maximum Gasteiger partial charge on any atom is 0.276 e. The largest absolute Gasteiger partial charge is 0.389 e. The number of aromatic nitrogens is 1. The second kappa shape index (κ2) is 4.87. The standard InChI is InChI=1S/C6H5ClFN3O2S/c7-6(12)5(10-13-2-8)3-1-4(9)14-11-3/h1H,2,9H2/b10-5-. The van der Waals surface area contributed by atoms with Crippen molar-refractivity contribution in [1.82, 2.24) is 4.37 Å². The van der Waals surface area contributed by atoms with Crippen molar-refractivity contribution in [3.05, 3.63) is 11.8 Å². The number of oxime groups is 1. The van der Waals surface area contributed by atoms with Gasteiger partial charge in [0.15, 0.2) is 5.71 Å². The number of hydrogen-bond donors (Lipinski definition) is 1. The molecule has 1 aromatic heterocycles. The number of hydrogen-bond acceptors (Lipinski definition) is 6. The molecule has 0 amide bonds. The summed E-state index contributed by atoms with van der Waals surface area (Å²) in [4.78, 5) is 14.9. The Kier molecular flexibility index (Phi) is 3.78. The molecule has 2 N–H and O–H groups in total. The van der Waals surface area contributed by atoms with E-state index in [1.165, 1.54) is 6.07 Å². The smallest absolute Gasteiger partial charge is 0.276 e. The SMILES string of the molecule is Nc1cc(/C(=N/OCF)C(=O)Cl)ns1. The maximum atomic E-state index is 11.6. The molecule has 0 aliphatic carbocycles. The van der Waals surface area contributed by atoms with E-state index in [4.69, 9.17) is 17.3 Å². The number of nitrogen functional groups attached to an aromatic ring is 1. The van der Waals surface area contributed by atoms with Gasteiger partial charge in [0.25, 0.3) is 12.1 Å². The second-order valence-corrected chi connectivity index (χ2v) is 3.25. The van der Waals surface area contributed by atoms with Crippen LogP contribution in [0.4, 0.5) is 9.39 Å². The summed E-state index contributed by atoms with van der Waals surface area (Å²) in [5.41, 5.74) is 5.28. The van der Waals surface area contributed by atoms with Crippen molar-refractivity contribution in [3.8, 4) is 0 Å². The first-order valence-corrected chi connectivity index (χ1v) is 4.48. The molecule has 14 heavy (non-hydrogen) atoms. The highest BCUT2D eigenvalue weighted by Crippen LogP contribution is 2.13. The number of halogens is 2. The first-order valence-electron chi connectivity index (χ1n) is 3.33. The van der Waals surface area contributed by atoms with Crippen LogP contribution >= 0.6 is 23.1 Å². The number of nitrogens with two attached hydrogens (primary N) is 1. The Morgan fingerprint density at radius 3 is 3.00 bits per heavy atom. The van der Waals surface area contributed by atoms with E-state index in [-0.39, 0.29) is 11.4 Å². The molecule has 0 aromatic carbocycles. The number of rotatable bonds is 4. The van der Waals surface area contributed by atoms with Gasteiger partial charge in [0, 0.05) is 6.07 Å². The van der Waals surface area contributed by atoms with Gasteiger partial charge in [-0.1, -0.05) is 5.16 Å². The van der Waals surface area contributed by atoms with Crippen molar-refractivity contribution in [1.29, 1.82) is 0 Å². The molecule has 0 bridgehead atoms. The topological polar surface area (TPSA) is 77.6 Å². The van der Waals surface area contributed by atoms with Crippen LogP contribution in [0.3, 0.4) is 0 Å². The van der Waals surface area contributed by atoms with E-state index < -0.39 is 12.1 Å². The fraction of sp³-hybridized carbons (Fsp3) is 0.167. The Hall–Kier alpha value is -1.21. The summed E-state index contributed by atoms with van der Waals surface area (Å²) in [6, 6.07) is 1.39. The van der Waals surface area contributed by atoms with Crippen molar-refractivity contribution < 1.29 is 14.0 Å². The lowest BCUT2D eigenvalue weighted by molar-refractivity contribution is -0.106. The van der Waals surface area contributed by atoms with Gasteiger partial charge in [0.2, 0.25) is 0 Å². The highest BCUT2D eigenvalue weighted by atomic mass is 35.5. The van der Waals surface area contributed by atoms with Gasteiger partial charge in [-0.2, -0.15) is 4.37 Å². The summed E-state index contributed by atoms with van der Waals surface area (Å²) in [6.45, 7) is -1.15. The summed E-state index contributed by atoms with van der Waals surface area (Å²) in [6.07, 6.45) is 0. The molecule has 8 heteroatoms. The third-order valence-electron chi connectivity index (χ3n) is 1.16. The molecule has 0 spiro atoms. The Balaban J connectivity index is 2.94. The highest BCUT2D eigenvalue weighted by Gasteiger charge is 2.15. The molecule has 76 valence electrons.